The average Bonchev–Trinajstić information content (AvgIpc) is 4.21. The van der Waals surface area contributed by atoms with Gasteiger partial charge in [-0.25, -0.2) is 17.8 Å². The fourth-order valence-electron chi connectivity index (χ4n) is 10.4. The summed E-state index contributed by atoms with van der Waals surface area (Å²) in [5.74, 6) is -2.08. The van der Waals surface area contributed by atoms with E-state index in [9.17, 15) is 22.4 Å². The number of fused-ring (bicyclic) bond motifs is 3. The smallest absolute Gasteiger partial charge is 0.307 e. The summed E-state index contributed by atoms with van der Waals surface area (Å²) in [5, 5.41) is 1.45. The largest absolute Gasteiger partial charge is 0.497 e. The summed E-state index contributed by atoms with van der Waals surface area (Å²) < 4.78 is 71.4. The van der Waals surface area contributed by atoms with Crippen molar-refractivity contribution >= 4 is 44.4 Å². The Kier molecular flexibility index (Phi) is 14.3. The highest BCUT2D eigenvalue weighted by Gasteiger charge is 2.63. The van der Waals surface area contributed by atoms with Gasteiger partial charge in [0.15, 0.2) is 5.78 Å². The molecule has 5 aliphatic rings. The molecule has 4 heterocycles. The first-order chi connectivity index (χ1) is 32.4. The van der Waals surface area contributed by atoms with E-state index in [4.69, 9.17) is 28.7 Å². The summed E-state index contributed by atoms with van der Waals surface area (Å²) in [6, 6.07) is 13.9. The molecular weight excluding hydrogens is 894 g/mol. The van der Waals surface area contributed by atoms with Gasteiger partial charge in [-0.05, 0) is 144 Å². The number of Topliss-reactive ketones (excluding diaryl/α,β-unsaturated/α-hetero) is 1. The maximum atomic E-state index is 15.3. The first-order valence-electron chi connectivity index (χ1n) is 24.2. The summed E-state index contributed by atoms with van der Waals surface area (Å²) in [4.78, 5) is 65.0. The third-order valence-corrected chi connectivity index (χ3v) is 16.9. The van der Waals surface area contributed by atoms with Crippen LogP contribution < -0.4 is 18.9 Å². The Balaban J connectivity index is 1.15. The monoisotopic (exact) mass is 959 g/mol. The molecular formula is C52H66FN3O11S. The molecule has 0 unspecified atom stereocenters. The zero-order chi connectivity index (χ0) is 48.6. The molecule has 2 aromatic carbocycles. The van der Waals surface area contributed by atoms with E-state index in [0.717, 1.165) is 23.8 Å². The van der Waals surface area contributed by atoms with Gasteiger partial charge in [-0.1, -0.05) is 26.0 Å². The number of ketones is 1. The number of hydrogen-bond acceptors (Lipinski definition) is 12. The maximum Gasteiger partial charge on any atom is 0.307 e. The SMILES string of the molecule is COc1ccc2c(O[C@@H]3C[C@H]4C(=O)C[C@]5(C(=O)NS(=O)(=O)C6(CF)CC6)C[C@H]5/C=C\CC[C@@H](C)C[C@@H](C)[C@H](CC(=O)O[C@@]5(C)CCCOC5)C(=O)N4C3)nc(-c3ccc(OC(C)C)cc3)cc2c1. The molecule has 0 radical (unpaired) electrons. The lowest BCUT2D eigenvalue weighted by Crippen LogP contribution is -2.48. The number of rotatable bonds is 13. The number of allylic oxidation sites excluding steroid dienone is 2. The Hall–Kier alpha value is -5.09. The lowest BCUT2D eigenvalue weighted by molar-refractivity contribution is -0.174. The van der Waals surface area contributed by atoms with Gasteiger partial charge in [-0.15, -0.1) is 0 Å². The number of hydrogen-bond donors (Lipinski definition) is 1. The van der Waals surface area contributed by atoms with E-state index in [0.29, 0.717) is 48.4 Å². The molecule has 8 rings (SSSR count). The van der Waals surface area contributed by atoms with Crippen molar-refractivity contribution in [2.75, 3.05) is 33.5 Å². The number of methoxy groups -OCH3 is 1. The first kappa shape index (κ1) is 49.3. The molecule has 0 bridgehead atoms. The molecule has 8 atom stereocenters. The maximum absolute atomic E-state index is 15.3. The van der Waals surface area contributed by atoms with E-state index >= 15 is 9.59 Å². The van der Waals surface area contributed by atoms with Gasteiger partial charge in [0, 0.05) is 30.4 Å². The second-order valence-corrected chi connectivity index (χ2v) is 22.7. The van der Waals surface area contributed by atoms with Gasteiger partial charge in [0.05, 0.1) is 55.9 Å². The molecule has 368 valence electrons. The molecule has 0 spiro atoms. The minimum Gasteiger partial charge on any atom is -0.497 e. The average molecular weight is 960 g/mol. The third-order valence-electron chi connectivity index (χ3n) is 14.8. The predicted octanol–water partition coefficient (Wildman–Crippen LogP) is 8.09. The van der Waals surface area contributed by atoms with Crippen LogP contribution in [0.1, 0.15) is 105 Å². The van der Waals surface area contributed by atoms with Crippen molar-refractivity contribution in [2.24, 2.45) is 29.1 Å². The van der Waals surface area contributed by atoms with Crippen LogP contribution >= 0.6 is 0 Å². The van der Waals surface area contributed by atoms with Crippen molar-refractivity contribution in [1.82, 2.24) is 14.6 Å². The highest BCUT2D eigenvalue weighted by molar-refractivity contribution is 7.91. The quantitative estimate of drug-likeness (QED) is 0.129. The van der Waals surface area contributed by atoms with Gasteiger partial charge in [0.1, 0.15) is 34.6 Å². The number of carbonyl (C=O) groups is 4. The van der Waals surface area contributed by atoms with Gasteiger partial charge in [-0.2, -0.15) is 0 Å². The number of pyridine rings is 1. The number of aromatic nitrogens is 1. The summed E-state index contributed by atoms with van der Waals surface area (Å²) >= 11 is 0. The molecule has 3 aromatic rings. The number of benzene rings is 2. The van der Waals surface area contributed by atoms with Gasteiger partial charge in [0.2, 0.25) is 27.7 Å². The Labute approximate surface area is 399 Å². The molecule has 1 aromatic heterocycles. The Morgan fingerprint density at radius 3 is 2.46 bits per heavy atom. The Bertz CT molecular complexity index is 2520. The highest BCUT2D eigenvalue weighted by Crippen LogP contribution is 2.58. The number of carbonyl (C=O) groups excluding carboxylic acids is 4. The van der Waals surface area contributed by atoms with Crippen molar-refractivity contribution in [3.8, 4) is 28.6 Å². The van der Waals surface area contributed by atoms with Gasteiger partial charge in [0.25, 0.3) is 0 Å². The number of halogens is 1. The van der Waals surface area contributed by atoms with Crippen LogP contribution in [0.5, 0.6) is 17.4 Å². The minimum absolute atomic E-state index is 0.00822. The molecule has 2 saturated heterocycles. The van der Waals surface area contributed by atoms with Crippen molar-refractivity contribution in [1.29, 1.82) is 0 Å². The number of nitrogens with one attached hydrogen (secondary N) is 1. The zero-order valence-corrected chi connectivity index (χ0v) is 40.9. The molecule has 2 aliphatic carbocycles. The standard InChI is InChI=1S/C52H66FN3O11S/c1-32(2)65-38-14-12-35(13-15-38)43-24-36-23-39(63-6)16-17-41(36)47(54-43)66-40-25-44-45(57)28-52(49(60)55-68(61,62)51(30-53)19-20-51)27-37(52)11-8-7-10-33(3)22-34(4)42(48(59)56(44)29-40)26-46(58)67-50(5)18-9-21-64-31-50/h8,11-17,23-24,32-34,37,40,42,44H,7,9-10,18-22,25-31H2,1-6H3,(H,55,60)/b11-8-/t33-,34-,37-,40-,42+,44+,50+,52-/m1/s1. The first-order valence-corrected chi connectivity index (χ1v) is 25.7. The van der Waals surface area contributed by atoms with Gasteiger partial charge in [-0.3, -0.25) is 23.9 Å². The second kappa shape index (κ2) is 19.7. The number of alkyl halides is 1. The minimum atomic E-state index is -4.38. The lowest BCUT2D eigenvalue weighted by atomic mass is 9.82. The van der Waals surface area contributed by atoms with Crippen molar-refractivity contribution in [2.45, 2.75) is 134 Å². The summed E-state index contributed by atoms with van der Waals surface area (Å²) in [6.07, 6.45) is 6.33. The molecule has 14 nitrogen and oxygen atoms in total. The Morgan fingerprint density at radius 2 is 1.78 bits per heavy atom. The van der Waals surface area contributed by atoms with Crippen LogP contribution in [-0.4, -0.2) is 104 Å². The van der Waals surface area contributed by atoms with Crippen molar-refractivity contribution in [3.05, 3.63) is 60.7 Å². The third kappa shape index (κ3) is 10.6. The lowest BCUT2D eigenvalue weighted by Gasteiger charge is -2.35. The number of ether oxygens (including phenoxy) is 5. The van der Waals surface area contributed by atoms with Crippen LogP contribution in [0.15, 0.2) is 60.7 Å². The molecule has 16 heteroatoms. The van der Waals surface area contributed by atoms with Gasteiger partial charge < -0.3 is 28.6 Å². The number of amides is 2. The van der Waals surface area contributed by atoms with E-state index in [-0.39, 0.29) is 75.5 Å². The second-order valence-electron chi connectivity index (χ2n) is 20.6. The summed E-state index contributed by atoms with van der Waals surface area (Å²) in [5.41, 5.74) is -0.866. The van der Waals surface area contributed by atoms with Crippen LogP contribution in [0.4, 0.5) is 4.39 Å². The number of sulfonamides is 1. The molecule has 4 fully saturated rings. The molecule has 2 amide bonds. The highest BCUT2D eigenvalue weighted by atomic mass is 32.2. The van der Waals surface area contributed by atoms with Crippen molar-refractivity contribution < 1.29 is 55.7 Å². The van der Waals surface area contributed by atoms with E-state index in [1.165, 1.54) is 4.90 Å². The molecule has 3 aliphatic heterocycles. The molecule has 2 saturated carbocycles. The fourth-order valence-corrected chi connectivity index (χ4v) is 11.9. The summed E-state index contributed by atoms with van der Waals surface area (Å²) in [6.45, 7) is 9.48. The van der Waals surface area contributed by atoms with Crippen molar-refractivity contribution in [3.63, 3.8) is 0 Å². The summed E-state index contributed by atoms with van der Waals surface area (Å²) in [7, 11) is -2.80. The fraction of sp³-hybridized carbons (Fsp3) is 0.596. The van der Waals surface area contributed by atoms with E-state index in [2.05, 4.69) is 11.6 Å². The van der Waals surface area contributed by atoms with E-state index in [1.54, 1.807) is 13.2 Å². The normalized spacial score (nSPS) is 30.0. The number of nitrogens with zero attached hydrogens (tertiary/aromatic N) is 2. The zero-order valence-electron chi connectivity index (χ0n) is 40.1. The number of esters is 1. The van der Waals surface area contributed by atoms with Crippen LogP contribution in [0.3, 0.4) is 0 Å². The Morgan fingerprint density at radius 1 is 1.03 bits per heavy atom. The molecule has 68 heavy (non-hydrogen) atoms. The van der Waals surface area contributed by atoms with Crippen LogP contribution in [0.25, 0.3) is 22.0 Å². The predicted molar refractivity (Wildman–Crippen MR) is 253 cm³/mol. The van der Waals surface area contributed by atoms with Crippen LogP contribution in [0, 0.1) is 29.1 Å². The van der Waals surface area contributed by atoms with E-state index < -0.39 is 80.0 Å². The van der Waals surface area contributed by atoms with Crippen LogP contribution in [0.2, 0.25) is 0 Å². The van der Waals surface area contributed by atoms with Gasteiger partial charge >= 0.3 is 5.97 Å². The topological polar surface area (TPSA) is 177 Å². The van der Waals surface area contributed by atoms with Crippen LogP contribution in [-0.2, 0) is 38.7 Å². The molecule has 1 N–H and O–H groups in total. The van der Waals surface area contributed by atoms with E-state index in [1.807, 2.05) is 82.3 Å².